The van der Waals surface area contributed by atoms with Crippen LogP contribution in [0.25, 0.3) is 0 Å². The van der Waals surface area contributed by atoms with Crippen LogP contribution < -0.4 is 10.1 Å². The van der Waals surface area contributed by atoms with E-state index in [1.54, 1.807) is 6.26 Å². The average Bonchev–Trinajstić information content (AvgIpc) is 3.17. The molecule has 3 rings (SSSR count). The van der Waals surface area contributed by atoms with Gasteiger partial charge in [-0.05, 0) is 81.3 Å². The average molecular weight is 381 g/mol. The van der Waals surface area contributed by atoms with Gasteiger partial charge in [-0.25, -0.2) is 4.39 Å². The van der Waals surface area contributed by atoms with Crippen molar-refractivity contribution in [1.82, 2.24) is 5.32 Å². The SMILES string of the molecule is CC(C)(C)Oc1ccc(CNCC[C@@H](c2ccc(F)cc2)c2ccco2)cc1. The lowest BCUT2D eigenvalue weighted by atomic mass is 9.93. The molecular formula is C24H28FNO2. The summed E-state index contributed by atoms with van der Waals surface area (Å²) >= 11 is 0. The third kappa shape index (κ3) is 5.96. The molecule has 0 aliphatic carbocycles. The Kier molecular flexibility index (Phi) is 6.53. The Balaban J connectivity index is 1.54. The molecule has 4 heteroatoms. The first kappa shape index (κ1) is 20.2. The summed E-state index contributed by atoms with van der Waals surface area (Å²) in [5.41, 5.74) is 2.07. The Morgan fingerprint density at radius 2 is 1.71 bits per heavy atom. The van der Waals surface area contributed by atoms with Crippen LogP contribution >= 0.6 is 0 Å². The first-order valence-electron chi connectivity index (χ1n) is 9.68. The smallest absolute Gasteiger partial charge is 0.123 e. The van der Waals surface area contributed by atoms with Crippen LogP contribution in [0.5, 0.6) is 5.75 Å². The number of benzene rings is 2. The van der Waals surface area contributed by atoms with Gasteiger partial charge in [-0.15, -0.1) is 0 Å². The molecule has 0 radical (unpaired) electrons. The highest BCUT2D eigenvalue weighted by Gasteiger charge is 2.17. The molecule has 0 amide bonds. The van der Waals surface area contributed by atoms with Gasteiger partial charge in [0.05, 0.1) is 6.26 Å². The minimum Gasteiger partial charge on any atom is -0.488 e. The number of nitrogens with one attached hydrogen (secondary N) is 1. The van der Waals surface area contributed by atoms with Gasteiger partial charge in [0.1, 0.15) is 22.9 Å². The van der Waals surface area contributed by atoms with E-state index >= 15 is 0 Å². The maximum absolute atomic E-state index is 13.3. The van der Waals surface area contributed by atoms with Crippen molar-refractivity contribution in [3.8, 4) is 5.75 Å². The molecule has 0 aliphatic rings. The Bertz CT molecular complexity index is 834. The Hall–Kier alpha value is -2.59. The highest BCUT2D eigenvalue weighted by molar-refractivity contribution is 5.29. The maximum atomic E-state index is 13.3. The number of halogens is 1. The molecule has 0 aliphatic heterocycles. The second-order valence-electron chi connectivity index (χ2n) is 7.94. The molecule has 0 unspecified atom stereocenters. The fourth-order valence-electron chi connectivity index (χ4n) is 3.17. The lowest BCUT2D eigenvalue weighted by molar-refractivity contribution is 0.131. The normalized spacial score (nSPS) is 12.7. The van der Waals surface area contributed by atoms with Crippen molar-refractivity contribution in [2.45, 2.75) is 45.3 Å². The van der Waals surface area contributed by atoms with E-state index in [4.69, 9.17) is 9.15 Å². The van der Waals surface area contributed by atoms with Gasteiger partial charge < -0.3 is 14.5 Å². The molecule has 0 spiro atoms. The third-order valence-electron chi connectivity index (χ3n) is 4.45. The molecule has 0 saturated heterocycles. The predicted molar refractivity (Wildman–Crippen MR) is 110 cm³/mol. The first-order chi connectivity index (χ1) is 13.4. The van der Waals surface area contributed by atoms with Gasteiger partial charge in [-0.1, -0.05) is 24.3 Å². The lowest BCUT2D eigenvalue weighted by Crippen LogP contribution is -2.23. The van der Waals surface area contributed by atoms with Crippen LogP contribution in [0, 0.1) is 5.82 Å². The van der Waals surface area contributed by atoms with Gasteiger partial charge >= 0.3 is 0 Å². The van der Waals surface area contributed by atoms with Crippen molar-refractivity contribution in [2.75, 3.05) is 6.54 Å². The molecular weight excluding hydrogens is 353 g/mol. The molecule has 1 aromatic heterocycles. The van der Waals surface area contributed by atoms with Gasteiger partial charge in [0.2, 0.25) is 0 Å². The molecule has 28 heavy (non-hydrogen) atoms. The third-order valence-corrected chi connectivity index (χ3v) is 4.45. The summed E-state index contributed by atoms with van der Waals surface area (Å²) in [6.45, 7) is 7.73. The monoisotopic (exact) mass is 381 g/mol. The number of hydrogen-bond acceptors (Lipinski definition) is 3. The zero-order chi connectivity index (χ0) is 20.0. The molecule has 0 saturated carbocycles. The summed E-state index contributed by atoms with van der Waals surface area (Å²) in [4.78, 5) is 0. The Morgan fingerprint density at radius 1 is 1.00 bits per heavy atom. The van der Waals surface area contributed by atoms with Crippen LogP contribution in [-0.4, -0.2) is 12.1 Å². The fraction of sp³-hybridized carbons (Fsp3) is 0.333. The second-order valence-corrected chi connectivity index (χ2v) is 7.94. The molecule has 3 aromatic rings. The van der Waals surface area contributed by atoms with Crippen LogP contribution in [0.4, 0.5) is 4.39 Å². The predicted octanol–water partition coefficient (Wildman–Crippen LogP) is 5.91. The van der Waals surface area contributed by atoms with Crippen molar-refractivity contribution in [1.29, 1.82) is 0 Å². The van der Waals surface area contributed by atoms with E-state index in [9.17, 15) is 4.39 Å². The number of hydrogen-bond donors (Lipinski definition) is 1. The lowest BCUT2D eigenvalue weighted by Gasteiger charge is -2.21. The Morgan fingerprint density at radius 3 is 2.32 bits per heavy atom. The molecule has 1 heterocycles. The highest BCUT2D eigenvalue weighted by Crippen LogP contribution is 2.28. The zero-order valence-corrected chi connectivity index (χ0v) is 16.7. The molecule has 3 nitrogen and oxygen atoms in total. The van der Waals surface area contributed by atoms with Gasteiger partial charge in [0.25, 0.3) is 0 Å². The number of furan rings is 1. The summed E-state index contributed by atoms with van der Waals surface area (Å²) < 4.78 is 24.7. The largest absolute Gasteiger partial charge is 0.488 e. The molecule has 0 fully saturated rings. The topological polar surface area (TPSA) is 34.4 Å². The van der Waals surface area contributed by atoms with Crippen molar-refractivity contribution in [3.05, 3.63) is 89.6 Å². The minimum atomic E-state index is -0.223. The van der Waals surface area contributed by atoms with Crippen LogP contribution in [0.3, 0.4) is 0 Å². The molecule has 1 atom stereocenters. The van der Waals surface area contributed by atoms with Crippen molar-refractivity contribution in [2.24, 2.45) is 0 Å². The summed E-state index contributed by atoms with van der Waals surface area (Å²) in [6, 6.07) is 18.7. The van der Waals surface area contributed by atoms with E-state index < -0.39 is 0 Å². The number of ether oxygens (including phenoxy) is 1. The van der Waals surface area contributed by atoms with Crippen molar-refractivity contribution >= 4 is 0 Å². The summed E-state index contributed by atoms with van der Waals surface area (Å²) in [6.07, 6.45) is 2.55. The maximum Gasteiger partial charge on any atom is 0.123 e. The van der Waals surface area contributed by atoms with E-state index in [2.05, 4.69) is 17.4 Å². The molecule has 1 N–H and O–H groups in total. The first-order valence-corrected chi connectivity index (χ1v) is 9.68. The van der Waals surface area contributed by atoms with Gasteiger partial charge in [0, 0.05) is 12.5 Å². The minimum absolute atomic E-state index is 0.102. The Labute approximate surface area is 166 Å². The van der Waals surface area contributed by atoms with Crippen LogP contribution in [-0.2, 0) is 6.54 Å². The van der Waals surface area contributed by atoms with E-state index in [0.29, 0.717) is 0 Å². The molecule has 148 valence electrons. The van der Waals surface area contributed by atoms with Crippen molar-refractivity contribution in [3.63, 3.8) is 0 Å². The summed E-state index contributed by atoms with van der Waals surface area (Å²) in [5, 5.41) is 3.49. The summed E-state index contributed by atoms with van der Waals surface area (Å²) in [5.74, 6) is 1.66. The molecule has 2 aromatic carbocycles. The highest BCUT2D eigenvalue weighted by atomic mass is 19.1. The zero-order valence-electron chi connectivity index (χ0n) is 16.7. The van der Waals surface area contributed by atoms with Crippen molar-refractivity contribution < 1.29 is 13.5 Å². The summed E-state index contributed by atoms with van der Waals surface area (Å²) in [7, 11) is 0. The van der Waals surface area contributed by atoms with Gasteiger partial charge in [-0.2, -0.15) is 0 Å². The van der Waals surface area contributed by atoms with Crippen LogP contribution in [0.1, 0.15) is 50.0 Å². The fourth-order valence-corrected chi connectivity index (χ4v) is 3.17. The number of rotatable bonds is 8. The van der Waals surface area contributed by atoms with Crippen LogP contribution in [0.15, 0.2) is 71.3 Å². The van der Waals surface area contributed by atoms with E-state index in [1.165, 1.54) is 17.7 Å². The second kappa shape index (κ2) is 9.07. The van der Waals surface area contributed by atoms with Gasteiger partial charge in [-0.3, -0.25) is 0 Å². The molecule has 0 bridgehead atoms. The van der Waals surface area contributed by atoms with Crippen LogP contribution in [0.2, 0.25) is 0 Å². The van der Waals surface area contributed by atoms with E-state index in [1.807, 2.05) is 57.2 Å². The van der Waals surface area contributed by atoms with E-state index in [-0.39, 0.29) is 17.3 Å². The van der Waals surface area contributed by atoms with Gasteiger partial charge in [0.15, 0.2) is 0 Å². The standard InChI is InChI=1S/C24H28FNO2/c1-24(2,3)28-21-12-6-18(7-13-21)17-26-15-14-22(23-5-4-16-27-23)19-8-10-20(25)11-9-19/h4-13,16,22,26H,14-15,17H2,1-3H3/t22-/m0/s1. The van der Waals surface area contributed by atoms with E-state index in [0.717, 1.165) is 36.6 Å². The quantitative estimate of drug-likeness (QED) is 0.493.